The first kappa shape index (κ1) is 20.9. The van der Waals surface area contributed by atoms with Gasteiger partial charge in [0.25, 0.3) is 5.56 Å². The minimum atomic E-state index is -0.0970. The number of para-hydroxylation sites is 2. The molecule has 0 saturated carbocycles. The average molecular weight is 420 g/mol. The highest BCUT2D eigenvalue weighted by Gasteiger charge is 2.24. The van der Waals surface area contributed by atoms with Gasteiger partial charge in [0.1, 0.15) is 0 Å². The second-order valence-electron chi connectivity index (χ2n) is 8.36. The SMILES string of the molecule is CC(C)CNC(=O)N1CCN(c2nc3ccccc3n(Cc3ccccc3)c2=O)CC1. The maximum atomic E-state index is 13.4. The zero-order chi connectivity index (χ0) is 21.8. The Morgan fingerprint density at radius 3 is 2.39 bits per heavy atom. The summed E-state index contributed by atoms with van der Waals surface area (Å²) in [5.74, 6) is 0.868. The van der Waals surface area contributed by atoms with Gasteiger partial charge in [-0.1, -0.05) is 56.3 Å². The lowest BCUT2D eigenvalue weighted by atomic mass is 10.2. The van der Waals surface area contributed by atoms with Gasteiger partial charge in [-0.25, -0.2) is 9.78 Å². The molecule has 1 aliphatic rings. The van der Waals surface area contributed by atoms with Crippen molar-refractivity contribution in [2.45, 2.75) is 20.4 Å². The van der Waals surface area contributed by atoms with E-state index in [0.29, 0.717) is 51.0 Å². The molecule has 7 nitrogen and oxygen atoms in total. The zero-order valence-corrected chi connectivity index (χ0v) is 18.1. The molecule has 1 saturated heterocycles. The van der Waals surface area contributed by atoms with Crippen molar-refractivity contribution in [1.82, 2.24) is 19.8 Å². The maximum Gasteiger partial charge on any atom is 0.317 e. The molecule has 0 bridgehead atoms. The van der Waals surface area contributed by atoms with Crippen molar-refractivity contribution in [1.29, 1.82) is 0 Å². The van der Waals surface area contributed by atoms with Crippen LogP contribution in [0, 0.1) is 5.92 Å². The number of nitrogens with one attached hydrogen (secondary N) is 1. The lowest BCUT2D eigenvalue weighted by molar-refractivity contribution is 0.193. The molecule has 2 heterocycles. The highest BCUT2D eigenvalue weighted by Crippen LogP contribution is 2.17. The molecule has 0 radical (unpaired) electrons. The molecule has 0 spiro atoms. The van der Waals surface area contributed by atoms with E-state index in [2.05, 4.69) is 19.2 Å². The number of carbonyl (C=O) groups is 1. The summed E-state index contributed by atoms with van der Waals surface area (Å²) >= 11 is 0. The summed E-state index contributed by atoms with van der Waals surface area (Å²) in [6.45, 7) is 7.60. The summed E-state index contributed by atoms with van der Waals surface area (Å²) in [4.78, 5) is 34.3. The Bertz CT molecular complexity index is 1100. The fourth-order valence-electron chi connectivity index (χ4n) is 3.83. The van der Waals surface area contributed by atoms with Crippen LogP contribution in [0.1, 0.15) is 19.4 Å². The van der Waals surface area contributed by atoms with Crippen LogP contribution in [0.3, 0.4) is 0 Å². The fraction of sp³-hybridized carbons (Fsp3) is 0.375. The van der Waals surface area contributed by atoms with Gasteiger partial charge < -0.3 is 15.1 Å². The maximum absolute atomic E-state index is 13.4. The Hall–Kier alpha value is -3.35. The molecule has 31 heavy (non-hydrogen) atoms. The van der Waals surface area contributed by atoms with Crippen LogP contribution in [0.5, 0.6) is 0 Å². The second kappa shape index (κ2) is 9.20. The quantitative estimate of drug-likeness (QED) is 0.690. The lowest BCUT2D eigenvalue weighted by Gasteiger charge is -2.35. The number of piperazine rings is 1. The third-order valence-corrected chi connectivity index (χ3v) is 5.55. The lowest BCUT2D eigenvalue weighted by Crippen LogP contribution is -2.53. The van der Waals surface area contributed by atoms with Crippen LogP contribution in [0.4, 0.5) is 10.6 Å². The van der Waals surface area contributed by atoms with Gasteiger partial charge in [0.05, 0.1) is 17.6 Å². The minimum absolute atomic E-state index is 0.0405. The number of hydrogen-bond donors (Lipinski definition) is 1. The molecule has 1 fully saturated rings. The van der Waals surface area contributed by atoms with Crippen molar-refractivity contribution >= 4 is 22.9 Å². The number of fused-ring (bicyclic) bond motifs is 1. The van der Waals surface area contributed by atoms with E-state index in [1.807, 2.05) is 64.4 Å². The smallest absolute Gasteiger partial charge is 0.317 e. The summed E-state index contributed by atoms with van der Waals surface area (Å²) in [5.41, 5.74) is 2.59. The summed E-state index contributed by atoms with van der Waals surface area (Å²) < 4.78 is 1.80. The molecule has 1 N–H and O–H groups in total. The number of anilines is 1. The number of amides is 2. The Balaban J connectivity index is 1.58. The number of aromatic nitrogens is 2. The molecule has 3 aromatic rings. The zero-order valence-electron chi connectivity index (χ0n) is 18.1. The summed E-state index contributed by atoms with van der Waals surface area (Å²) in [7, 11) is 0. The Morgan fingerprint density at radius 2 is 1.68 bits per heavy atom. The monoisotopic (exact) mass is 419 g/mol. The van der Waals surface area contributed by atoms with E-state index in [1.165, 1.54) is 0 Å². The highest BCUT2D eigenvalue weighted by molar-refractivity contribution is 5.77. The van der Waals surface area contributed by atoms with Crippen LogP contribution in [0.2, 0.25) is 0 Å². The normalized spacial score (nSPS) is 14.3. The number of hydrogen-bond acceptors (Lipinski definition) is 4. The van der Waals surface area contributed by atoms with Crippen LogP contribution in [0.25, 0.3) is 11.0 Å². The standard InChI is InChI=1S/C24H29N5O2/c1-18(2)16-25-24(31)28-14-12-27(13-15-28)22-23(30)29(17-19-8-4-3-5-9-19)21-11-7-6-10-20(21)26-22/h3-11,18H,12-17H2,1-2H3,(H,25,31). The van der Waals surface area contributed by atoms with Gasteiger partial charge in [0.15, 0.2) is 5.82 Å². The predicted octanol–water partition coefficient (Wildman–Crippen LogP) is 2.93. The molecular formula is C24H29N5O2. The van der Waals surface area contributed by atoms with Gasteiger partial charge in [-0.15, -0.1) is 0 Å². The van der Waals surface area contributed by atoms with Crippen molar-refractivity contribution in [2.75, 3.05) is 37.6 Å². The van der Waals surface area contributed by atoms with Crippen molar-refractivity contribution < 1.29 is 4.79 Å². The van der Waals surface area contributed by atoms with Crippen LogP contribution in [0.15, 0.2) is 59.4 Å². The van der Waals surface area contributed by atoms with Crippen LogP contribution in [-0.4, -0.2) is 53.2 Å². The molecule has 4 rings (SSSR count). The molecule has 2 amide bonds. The highest BCUT2D eigenvalue weighted by atomic mass is 16.2. The molecule has 0 unspecified atom stereocenters. The van der Waals surface area contributed by atoms with Crippen LogP contribution in [-0.2, 0) is 6.54 Å². The van der Waals surface area contributed by atoms with Gasteiger partial charge in [0, 0.05) is 32.7 Å². The molecule has 0 aliphatic carbocycles. The van der Waals surface area contributed by atoms with Crippen molar-refractivity contribution in [2.24, 2.45) is 5.92 Å². The summed E-state index contributed by atoms with van der Waals surface area (Å²) in [6, 6.07) is 17.7. The van der Waals surface area contributed by atoms with Crippen LogP contribution >= 0.6 is 0 Å². The molecule has 1 aromatic heterocycles. The van der Waals surface area contributed by atoms with Gasteiger partial charge >= 0.3 is 6.03 Å². The van der Waals surface area contributed by atoms with E-state index in [1.54, 1.807) is 4.57 Å². The minimum Gasteiger partial charge on any atom is -0.348 e. The van der Waals surface area contributed by atoms with Gasteiger partial charge in [-0.05, 0) is 23.6 Å². The van der Waals surface area contributed by atoms with Crippen molar-refractivity contribution in [3.8, 4) is 0 Å². The van der Waals surface area contributed by atoms with Gasteiger partial charge in [-0.3, -0.25) is 9.36 Å². The topological polar surface area (TPSA) is 70.5 Å². The van der Waals surface area contributed by atoms with E-state index in [-0.39, 0.29) is 11.6 Å². The number of rotatable bonds is 5. The number of nitrogens with zero attached hydrogens (tertiary/aromatic N) is 4. The molecule has 2 aromatic carbocycles. The summed E-state index contributed by atoms with van der Waals surface area (Å²) in [5, 5.41) is 2.97. The van der Waals surface area contributed by atoms with E-state index < -0.39 is 0 Å². The fourth-order valence-corrected chi connectivity index (χ4v) is 3.83. The molecule has 7 heteroatoms. The molecule has 162 valence electrons. The third-order valence-electron chi connectivity index (χ3n) is 5.55. The predicted molar refractivity (Wildman–Crippen MR) is 124 cm³/mol. The molecule has 1 aliphatic heterocycles. The van der Waals surface area contributed by atoms with E-state index in [4.69, 9.17) is 4.98 Å². The Kier molecular flexibility index (Phi) is 6.21. The second-order valence-corrected chi connectivity index (χ2v) is 8.36. The third kappa shape index (κ3) is 4.71. The molecular weight excluding hydrogens is 390 g/mol. The average Bonchev–Trinajstić information content (AvgIpc) is 2.80. The van der Waals surface area contributed by atoms with Crippen LogP contribution < -0.4 is 15.8 Å². The van der Waals surface area contributed by atoms with Gasteiger partial charge in [0.2, 0.25) is 0 Å². The van der Waals surface area contributed by atoms with Crippen molar-refractivity contribution in [3.63, 3.8) is 0 Å². The van der Waals surface area contributed by atoms with E-state index in [9.17, 15) is 9.59 Å². The van der Waals surface area contributed by atoms with Crippen molar-refractivity contribution in [3.05, 3.63) is 70.5 Å². The Labute approximate surface area is 182 Å². The largest absolute Gasteiger partial charge is 0.348 e. The first-order valence-electron chi connectivity index (χ1n) is 10.8. The van der Waals surface area contributed by atoms with E-state index in [0.717, 1.165) is 16.6 Å². The first-order chi connectivity index (χ1) is 15.0. The van der Waals surface area contributed by atoms with Gasteiger partial charge in [-0.2, -0.15) is 0 Å². The first-order valence-corrected chi connectivity index (χ1v) is 10.8. The summed E-state index contributed by atoms with van der Waals surface area (Å²) in [6.07, 6.45) is 0. The molecule has 0 atom stereocenters. The number of carbonyl (C=O) groups excluding carboxylic acids is 1. The van der Waals surface area contributed by atoms with E-state index >= 15 is 0 Å². The Morgan fingerprint density at radius 1 is 1.00 bits per heavy atom. The number of urea groups is 1. The number of benzene rings is 2.